The third kappa shape index (κ3) is 4.05. The topological polar surface area (TPSA) is 0 Å². The van der Waals surface area contributed by atoms with Gasteiger partial charge in [0.05, 0.1) is 0 Å². The molecule has 0 bridgehead atoms. The van der Waals surface area contributed by atoms with Crippen molar-refractivity contribution in [2.75, 3.05) is 0 Å². The van der Waals surface area contributed by atoms with Crippen LogP contribution in [-0.4, -0.2) is 21.3 Å². The summed E-state index contributed by atoms with van der Waals surface area (Å²) in [6.45, 7) is 7.24. The number of rotatable bonds is 5. The molecule has 0 fully saturated rings. The van der Waals surface area contributed by atoms with Crippen LogP contribution in [0.2, 0.25) is 19.6 Å². The molecule has 0 saturated heterocycles. The Kier molecular flexibility index (Phi) is 5.45. The Hall–Kier alpha value is -1.84. The first-order chi connectivity index (χ1) is 12.0. The van der Waals surface area contributed by atoms with Crippen LogP contribution in [0.4, 0.5) is 0 Å². The fraction of sp³-hybridized carbons (Fsp3) is 0.130. The van der Waals surface area contributed by atoms with Crippen LogP contribution >= 0.6 is 0 Å². The standard InChI is InChI=1S/C23H26GeSi/c1-25(2,3)20-19-24(21-13-7-4-8-14-21,22-15-9-5-10-16-22)23-17-11-6-12-18-23/h4-20H,1-3H3/b20-19+. The Morgan fingerprint density at radius 2 is 0.880 bits per heavy atom. The fourth-order valence-corrected chi connectivity index (χ4v) is 16.6. The summed E-state index contributed by atoms with van der Waals surface area (Å²) < 4.78 is 4.48. The van der Waals surface area contributed by atoms with Gasteiger partial charge in [0.1, 0.15) is 0 Å². The second-order valence-corrected chi connectivity index (χ2v) is 20.4. The molecule has 0 saturated carbocycles. The van der Waals surface area contributed by atoms with Crippen LogP contribution in [0.15, 0.2) is 102 Å². The molecule has 3 aromatic rings. The third-order valence-electron chi connectivity index (χ3n) is 4.52. The van der Waals surface area contributed by atoms with Gasteiger partial charge in [0.25, 0.3) is 0 Å². The van der Waals surface area contributed by atoms with Gasteiger partial charge in [-0.05, 0) is 0 Å². The van der Waals surface area contributed by atoms with E-state index in [0.29, 0.717) is 0 Å². The van der Waals surface area contributed by atoms with E-state index < -0.39 is 21.3 Å². The van der Waals surface area contributed by atoms with Crippen LogP contribution < -0.4 is 13.2 Å². The Labute approximate surface area is 155 Å². The first kappa shape index (κ1) is 18.0. The van der Waals surface area contributed by atoms with Crippen molar-refractivity contribution in [1.82, 2.24) is 0 Å². The van der Waals surface area contributed by atoms with Crippen molar-refractivity contribution in [3.63, 3.8) is 0 Å². The van der Waals surface area contributed by atoms with Gasteiger partial charge in [0.2, 0.25) is 0 Å². The molecule has 0 aliphatic carbocycles. The van der Waals surface area contributed by atoms with Gasteiger partial charge in [-0.15, -0.1) is 0 Å². The van der Waals surface area contributed by atoms with Gasteiger partial charge in [-0.3, -0.25) is 0 Å². The Morgan fingerprint density at radius 3 is 1.16 bits per heavy atom. The zero-order valence-electron chi connectivity index (χ0n) is 15.3. The molecular formula is C23H26GeSi. The predicted octanol–water partition coefficient (Wildman–Crippen LogP) is 4.13. The molecule has 0 atom stereocenters. The summed E-state index contributed by atoms with van der Waals surface area (Å²) in [4.78, 5) is 2.63. The molecule has 0 amide bonds. The summed E-state index contributed by atoms with van der Waals surface area (Å²) in [5, 5.41) is 0. The Bertz CT molecular complexity index is 722. The van der Waals surface area contributed by atoms with Gasteiger partial charge in [0.15, 0.2) is 0 Å². The first-order valence-corrected chi connectivity index (χ1v) is 16.8. The van der Waals surface area contributed by atoms with Crippen molar-refractivity contribution in [3.05, 3.63) is 102 Å². The summed E-state index contributed by atoms with van der Waals surface area (Å²) in [6.07, 6.45) is 0. The summed E-state index contributed by atoms with van der Waals surface area (Å²) in [5.41, 5.74) is 2.56. The maximum absolute atomic E-state index is 2.85. The molecular weight excluding hydrogens is 377 g/mol. The monoisotopic (exact) mass is 404 g/mol. The second-order valence-electron chi connectivity index (χ2n) is 7.61. The Morgan fingerprint density at radius 1 is 0.560 bits per heavy atom. The molecule has 0 nitrogen and oxygen atoms in total. The summed E-state index contributed by atoms with van der Waals surface area (Å²) in [7, 11) is -1.30. The van der Waals surface area contributed by atoms with Crippen LogP contribution in [0.1, 0.15) is 0 Å². The van der Waals surface area contributed by atoms with Crippen LogP contribution in [0.5, 0.6) is 0 Å². The van der Waals surface area contributed by atoms with Gasteiger partial charge in [-0.25, -0.2) is 0 Å². The van der Waals surface area contributed by atoms with Crippen molar-refractivity contribution in [2.45, 2.75) is 19.6 Å². The molecule has 0 N–H and O–H groups in total. The molecule has 0 aliphatic heterocycles. The summed E-state index contributed by atoms with van der Waals surface area (Å²) in [5.74, 6) is 0. The van der Waals surface area contributed by atoms with Gasteiger partial charge < -0.3 is 0 Å². The molecule has 0 spiro atoms. The SMILES string of the molecule is C[Si](C)(C)/C=[CH]/[Ge]([c]1ccccc1)([c]1ccccc1)[c]1ccccc1. The minimum absolute atomic E-state index is 1.30. The summed E-state index contributed by atoms with van der Waals surface area (Å²) in [6, 6.07) is 33.4. The normalized spacial score (nSPS) is 12.4. The van der Waals surface area contributed by atoms with E-state index in [1.165, 1.54) is 13.2 Å². The minimum atomic E-state index is -2.85. The van der Waals surface area contributed by atoms with E-state index in [9.17, 15) is 0 Å². The van der Waals surface area contributed by atoms with Gasteiger partial charge >= 0.3 is 156 Å². The van der Waals surface area contributed by atoms with E-state index in [0.717, 1.165) is 0 Å². The molecule has 3 aromatic carbocycles. The van der Waals surface area contributed by atoms with Crippen LogP contribution in [-0.2, 0) is 0 Å². The average Bonchev–Trinajstić information content (AvgIpc) is 2.64. The van der Waals surface area contributed by atoms with E-state index >= 15 is 0 Å². The van der Waals surface area contributed by atoms with E-state index in [-0.39, 0.29) is 0 Å². The molecule has 0 unspecified atom stereocenters. The molecule has 0 aromatic heterocycles. The Balaban J connectivity index is 2.34. The molecule has 3 rings (SSSR count). The van der Waals surface area contributed by atoms with Gasteiger partial charge in [-0.1, -0.05) is 0 Å². The van der Waals surface area contributed by atoms with Crippen LogP contribution in [0.25, 0.3) is 0 Å². The molecule has 126 valence electrons. The number of hydrogen-bond acceptors (Lipinski definition) is 0. The molecule has 2 heteroatoms. The fourth-order valence-electron chi connectivity index (χ4n) is 3.27. The zero-order valence-corrected chi connectivity index (χ0v) is 18.4. The van der Waals surface area contributed by atoms with E-state index in [1.807, 2.05) is 0 Å². The van der Waals surface area contributed by atoms with Crippen molar-refractivity contribution < 1.29 is 0 Å². The zero-order chi connectivity index (χ0) is 17.8. The van der Waals surface area contributed by atoms with Crippen LogP contribution in [0.3, 0.4) is 0 Å². The molecule has 25 heavy (non-hydrogen) atoms. The van der Waals surface area contributed by atoms with Crippen molar-refractivity contribution in [1.29, 1.82) is 0 Å². The van der Waals surface area contributed by atoms with Gasteiger partial charge in [0, 0.05) is 0 Å². The van der Waals surface area contributed by atoms with Gasteiger partial charge in [-0.2, -0.15) is 0 Å². The number of hydrogen-bond donors (Lipinski definition) is 0. The predicted molar refractivity (Wildman–Crippen MR) is 116 cm³/mol. The average molecular weight is 403 g/mol. The summed E-state index contributed by atoms with van der Waals surface area (Å²) >= 11 is -2.85. The maximum atomic E-state index is 2.63. The second kappa shape index (κ2) is 7.59. The quantitative estimate of drug-likeness (QED) is 0.563. The molecule has 0 heterocycles. The van der Waals surface area contributed by atoms with Crippen molar-refractivity contribution in [2.24, 2.45) is 0 Å². The molecule has 0 radical (unpaired) electrons. The third-order valence-corrected chi connectivity index (χ3v) is 15.6. The van der Waals surface area contributed by atoms with Crippen molar-refractivity contribution in [3.8, 4) is 0 Å². The number of benzene rings is 3. The van der Waals surface area contributed by atoms with Crippen LogP contribution in [0, 0.1) is 0 Å². The van der Waals surface area contributed by atoms with E-state index in [4.69, 9.17) is 0 Å². The van der Waals surface area contributed by atoms with E-state index in [1.54, 1.807) is 0 Å². The van der Waals surface area contributed by atoms with E-state index in [2.05, 4.69) is 121 Å². The molecule has 0 aliphatic rings. The first-order valence-electron chi connectivity index (χ1n) is 8.89. The van der Waals surface area contributed by atoms with Crippen molar-refractivity contribution >= 4 is 34.5 Å².